The topological polar surface area (TPSA) is 54.3 Å². The highest BCUT2D eigenvalue weighted by Gasteiger charge is 2.10. The second-order valence-electron chi connectivity index (χ2n) is 4.84. The van der Waals surface area contributed by atoms with Crippen LogP contribution in [-0.4, -0.2) is 21.7 Å². The van der Waals surface area contributed by atoms with Crippen molar-refractivity contribution in [2.75, 3.05) is 0 Å². The van der Waals surface area contributed by atoms with E-state index in [4.69, 9.17) is 5.11 Å². The van der Waals surface area contributed by atoms with Crippen LogP contribution < -0.4 is 5.32 Å². The monoisotopic (exact) mass is 246 g/mol. The van der Waals surface area contributed by atoms with Crippen LogP contribution in [0.4, 0.5) is 0 Å². The van der Waals surface area contributed by atoms with E-state index in [9.17, 15) is 4.79 Å². The summed E-state index contributed by atoms with van der Waals surface area (Å²) in [6.45, 7) is 4.93. The number of nitrogens with zero attached hydrogens (tertiary/aromatic N) is 1. The van der Waals surface area contributed by atoms with Crippen LogP contribution in [0, 0.1) is 0 Å². The zero-order valence-corrected chi connectivity index (χ0v) is 10.9. The van der Waals surface area contributed by atoms with Gasteiger partial charge >= 0.3 is 5.97 Å². The molecule has 0 amide bonds. The molecule has 1 aromatic heterocycles. The second-order valence-corrected chi connectivity index (χ2v) is 4.84. The van der Waals surface area contributed by atoms with Gasteiger partial charge in [-0.1, -0.05) is 13.8 Å². The maximum Gasteiger partial charge on any atom is 0.335 e. The van der Waals surface area contributed by atoms with Gasteiger partial charge in [-0.25, -0.2) is 4.79 Å². The van der Waals surface area contributed by atoms with Crippen LogP contribution in [0.1, 0.15) is 29.8 Å². The van der Waals surface area contributed by atoms with Gasteiger partial charge in [0.2, 0.25) is 0 Å². The third-order valence-electron chi connectivity index (χ3n) is 3.02. The molecule has 4 heteroatoms. The Labute approximate surface area is 106 Å². The molecule has 0 atom stereocenters. The Bertz CT molecular complexity index is 585. The van der Waals surface area contributed by atoms with Gasteiger partial charge in [-0.15, -0.1) is 0 Å². The number of carboxylic acid groups (broad SMARTS) is 1. The van der Waals surface area contributed by atoms with E-state index in [1.165, 1.54) is 0 Å². The fourth-order valence-corrected chi connectivity index (χ4v) is 2.06. The SMILES string of the molecule is CC(C)NCc1cn(C)c2ccc(C(=O)O)cc12. The second kappa shape index (κ2) is 4.82. The molecule has 2 N–H and O–H groups in total. The summed E-state index contributed by atoms with van der Waals surface area (Å²) >= 11 is 0. The number of hydrogen-bond donors (Lipinski definition) is 2. The minimum Gasteiger partial charge on any atom is -0.478 e. The predicted molar refractivity (Wildman–Crippen MR) is 71.9 cm³/mol. The first-order valence-electron chi connectivity index (χ1n) is 6.03. The van der Waals surface area contributed by atoms with Crippen LogP contribution in [0.15, 0.2) is 24.4 Å². The van der Waals surface area contributed by atoms with Crippen LogP contribution in [-0.2, 0) is 13.6 Å². The minimum atomic E-state index is -0.886. The zero-order chi connectivity index (χ0) is 13.3. The Morgan fingerprint density at radius 1 is 1.44 bits per heavy atom. The molecule has 0 bridgehead atoms. The van der Waals surface area contributed by atoms with Crippen molar-refractivity contribution in [3.8, 4) is 0 Å². The largest absolute Gasteiger partial charge is 0.478 e. The first kappa shape index (κ1) is 12.6. The van der Waals surface area contributed by atoms with E-state index in [2.05, 4.69) is 19.2 Å². The number of aromatic carboxylic acids is 1. The van der Waals surface area contributed by atoms with Crippen molar-refractivity contribution in [1.29, 1.82) is 0 Å². The van der Waals surface area contributed by atoms with Gasteiger partial charge in [-0.3, -0.25) is 0 Å². The number of carbonyl (C=O) groups is 1. The Balaban J connectivity index is 2.45. The van der Waals surface area contributed by atoms with E-state index in [-0.39, 0.29) is 0 Å². The molecule has 2 aromatic rings. The summed E-state index contributed by atoms with van der Waals surface area (Å²) in [5, 5.41) is 13.4. The molecule has 18 heavy (non-hydrogen) atoms. The molecule has 0 aliphatic heterocycles. The lowest BCUT2D eigenvalue weighted by molar-refractivity contribution is 0.0697. The van der Waals surface area contributed by atoms with Crippen molar-refractivity contribution in [3.05, 3.63) is 35.5 Å². The van der Waals surface area contributed by atoms with Crippen molar-refractivity contribution in [2.24, 2.45) is 7.05 Å². The summed E-state index contributed by atoms with van der Waals surface area (Å²) in [7, 11) is 1.97. The molecule has 0 unspecified atom stereocenters. The molecule has 0 saturated carbocycles. The quantitative estimate of drug-likeness (QED) is 0.870. The third-order valence-corrected chi connectivity index (χ3v) is 3.02. The lowest BCUT2D eigenvalue weighted by Gasteiger charge is -2.06. The van der Waals surface area contributed by atoms with Gasteiger partial charge in [0.05, 0.1) is 5.56 Å². The first-order valence-corrected chi connectivity index (χ1v) is 6.03. The average molecular weight is 246 g/mol. The molecule has 0 aliphatic carbocycles. The third kappa shape index (κ3) is 2.38. The van der Waals surface area contributed by atoms with Crippen molar-refractivity contribution >= 4 is 16.9 Å². The fraction of sp³-hybridized carbons (Fsp3) is 0.357. The number of aryl methyl sites for hydroxylation is 1. The highest BCUT2D eigenvalue weighted by atomic mass is 16.4. The normalized spacial score (nSPS) is 11.3. The number of rotatable bonds is 4. The highest BCUT2D eigenvalue weighted by molar-refractivity contribution is 5.94. The molecule has 96 valence electrons. The Morgan fingerprint density at radius 2 is 2.17 bits per heavy atom. The molecule has 2 rings (SSSR count). The molecular weight excluding hydrogens is 228 g/mol. The molecule has 0 spiro atoms. The Morgan fingerprint density at radius 3 is 2.78 bits per heavy atom. The maximum absolute atomic E-state index is 11.0. The lowest BCUT2D eigenvalue weighted by atomic mass is 10.1. The standard InChI is InChI=1S/C14H18N2O2/c1-9(2)15-7-11-8-16(3)13-5-4-10(14(17)18)6-12(11)13/h4-6,8-9,15H,7H2,1-3H3,(H,17,18). The molecule has 0 aliphatic rings. The molecule has 4 nitrogen and oxygen atoms in total. The summed E-state index contributed by atoms with van der Waals surface area (Å²) in [6, 6.07) is 5.65. The smallest absolute Gasteiger partial charge is 0.335 e. The Kier molecular flexibility index (Phi) is 3.39. The predicted octanol–water partition coefficient (Wildman–Crippen LogP) is 2.37. The van der Waals surface area contributed by atoms with E-state index >= 15 is 0 Å². The van der Waals surface area contributed by atoms with E-state index < -0.39 is 5.97 Å². The van der Waals surface area contributed by atoms with Gasteiger partial charge in [-0.2, -0.15) is 0 Å². The van der Waals surface area contributed by atoms with Gasteiger partial charge in [0.25, 0.3) is 0 Å². The van der Waals surface area contributed by atoms with Crippen molar-refractivity contribution < 1.29 is 9.90 Å². The van der Waals surface area contributed by atoms with E-state index in [1.807, 2.05) is 23.9 Å². The number of carboxylic acids is 1. The number of benzene rings is 1. The van der Waals surface area contributed by atoms with Crippen molar-refractivity contribution in [2.45, 2.75) is 26.4 Å². The van der Waals surface area contributed by atoms with Gasteiger partial charge in [0, 0.05) is 36.7 Å². The molecule has 0 saturated heterocycles. The highest BCUT2D eigenvalue weighted by Crippen LogP contribution is 2.22. The summed E-state index contributed by atoms with van der Waals surface area (Å²) < 4.78 is 2.03. The van der Waals surface area contributed by atoms with Crippen molar-refractivity contribution in [1.82, 2.24) is 9.88 Å². The van der Waals surface area contributed by atoms with Gasteiger partial charge in [0.15, 0.2) is 0 Å². The molecule has 0 fully saturated rings. The Hall–Kier alpha value is -1.81. The average Bonchev–Trinajstić information content (AvgIpc) is 2.63. The molecular formula is C14H18N2O2. The van der Waals surface area contributed by atoms with E-state index in [0.29, 0.717) is 11.6 Å². The lowest BCUT2D eigenvalue weighted by Crippen LogP contribution is -2.21. The minimum absolute atomic E-state index is 0.333. The van der Waals surface area contributed by atoms with Gasteiger partial charge < -0.3 is 15.0 Å². The van der Waals surface area contributed by atoms with Crippen LogP contribution >= 0.6 is 0 Å². The molecule has 0 radical (unpaired) electrons. The van der Waals surface area contributed by atoms with Crippen LogP contribution in [0.5, 0.6) is 0 Å². The zero-order valence-electron chi connectivity index (χ0n) is 10.9. The fourth-order valence-electron chi connectivity index (χ4n) is 2.06. The number of nitrogens with one attached hydrogen (secondary N) is 1. The van der Waals surface area contributed by atoms with Gasteiger partial charge in [-0.05, 0) is 23.8 Å². The summed E-state index contributed by atoms with van der Waals surface area (Å²) in [5.41, 5.74) is 2.52. The summed E-state index contributed by atoms with van der Waals surface area (Å²) in [5.74, 6) is -0.886. The maximum atomic E-state index is 11.0. The van der Waals surface area contributed by atoms with Crippen LogP contribution in [0.25, 0.3) is 10.9 Å². The summed E-state index contributed by atoms with van der Waals surface area (Å²) in [4.78, 5) is 11.0. The van der Waals surface area contributed by atoms with E-state index in [0.717, 1.165) is 23.0 Å². The number of fused-ring (bicyclic) bond motifs is 1. The van der Waals surface area contributed by atoms with Crippen molar-refractivity contribution in [3.63, 3.8) is 0 Å². The van der Waals surface area contributed by atoms with E-state index in [1.54, 1.807) is 12.1 Å². The van der Waals surface area contributed by atoms with Crippen LogP contribution in [0.2, 0.25) is 0 Å². The number of aromatic nitrogens is 1. The number of hydrogen-bond acceptors (Lipinski definition) is 2. The molecule has 1 aromatic carbocycles. The molecule has 1 heterocycles. The first-order chi connectivity index (χ1) is 8.49. The van der Waals surface area contributed by atoms with Crippen LogP contribution in [0.3, 0.4) is 0 Å². The summed E-state index contributed by atoms with van der Waals surface area (Å²) in [6.07, 6.45) is 2.05. The van der Waals surface area contributed by atoms with Gasteiger partial charge in [0.1, 0.15) is 0 Å².